The van der Waals surface area contributed by atoms with Gasteiger partial charge in [0, 0.05) is 10.9 Å². The number of nitrogen functional groups attached to an aromatic ring is 1. The van der Waals surface area contributed by atoms with Crippen molar-refractivity contribution in [3.05, 3.63) is 10.9 Å². The van der Waals surface area contributed by atoms with Gasteiger partial charge in [-0.15, -0.1) is 0 Å². The summed E-state index contributed by atoms with van der Waals surface area (Å²) in [6, 6.07) is 0. The predicted octanol–water partition coefficient (Wildman–Crippen LogP) is 1.03. The summed E-state index contributed by atoms with van der Waals surface area (Å²) in [5.41, 5.74) is 6.41. The van der Waals surface area contributed by atoms with E-state index >= 15 is 0 Å². The maximum atomic E-state index is 5.34. The van der Waals surface area contributed by atoms with Gasteiger partial charge in [-0.05, 0) is 18.5 Å². The number of rotatable bonds is 0. The highest BCUT2D eigenvalue weighted by molar-refractivity contribution is 7.04. The molecule has 2 nitrogen and oxygen atoms in total. The van der Waals surface area contributed by atoms with E-state index in [0.29, 0.717) is 5.82 Å². The van der Waals surface area contributed by atoms with E-state index < -0.39 is 0 Å². The first-order valence-electron chi connectivity index (χ1n) is 1.97. The van der Waals surface area contributed by atoms with Gasteiger partial charge in [-0.2, -0.15) is 4.37 Å². The Labute approximate surface area is 46.1 Å². The van der Waals surface area contributed by atoms with E-state index in [9.17, 15) is 0 Å². The van der Waals surface area contributed by atoms with Crippen molar-refractivity contribution in [2.45, 2.75) is 6.92 Å². The van der Waals surface area contributed by atoms with Gasteiger partial charge in [0.15, 0.2) is 0 Å². The molecule has 0 radical (unpaired) electrons. The highest BCUT2D eigenvalue weighted by Gasteiger charge is 1.89. The fraction of sp³-hybridized carbons (Fsp3) is 0.250. The Bertz CT molecular complexity index is 142. The van der Waals surface area contributed by atoms with Gasteiger partial charge in [0.1, 0.15) is 5.82 Å². The van der Waals surface area contributed by atoms with Crippen LogP contribution in [0.4, 0.5) is 5.82 Å². The zero-order valence-electron chi connectivity index (χ0n) is 4.01. The first kappa shape index (κ1) is 4.59. The second kappa shape index (κ2) is 1.50. The van der Waals surface area contributed by atoms with Crippen molar-refractivity contribution in [2.75, 3.05) is 5.73 Å². The number of hydrogen-bond acceptors (Lipinski definition) is 3. The summed E-state index contributed by atoms with van der Waals surface area (Å²) in [5.74, 6) is 0.657. The van der Waals surface area contributed by atoms with Crippen molar-refractivity contribution in [1.82, 2.24) is 4.37 Å². The molecule has 0 unspecified atom stereocenters. The van der Waals surface area contributed by atoms with Crippen molar-refractivity contribution < 1.29 is 0 Å². The van der Waals surface area contributed by atoms with Crippen LogP contribution in [-0.2, 0) is 0 Å². The van der Waals surface area contributed by atoms with Crippen molar-refractivity contribution >= 4 is 17.4 Å². The van der Waals surface area contributed by atoms with Crippen molar-refractivity contribution in [1.29, 1.82) is 0 Å². The van der Waals surface area contributed by atoms with E-state index in [1.807, 2.05) is 12.3 Å². The minimum atomic E-state index is 0.657. The zero-order valence-corrected chi connectivity index (χ0v) is 4.83. The minimum Gasteiger partial charge on any atom is -0.383 e. The van der Waals surface area contributed by atoms with Crippen LogP contribution in [0.1, 0.15) is 5.56 Å². The summed E-state index contributed by atoms with van der Waals surface area (Å²) in [7, 11) is 0. The monoisotopic (exact) mass is 114 g/mol. The average Bonchev–Trinajstić information content (AvgIpc) is 1.91. The molecule has 0 amide bonds. The van der Waals surface area contributed by atoms with Gasteiger partial charge in [0.05, 0.1) is 0 Å². The molecule has 1 aromatic rings. The first-order valence-corrected chi connectivity index (χ1v) is 2.81. The number of aromatic nitrogens is 1. The largest absolute Gasteiger partial charge is 0.383 e. The normalized spacial score (nSPS) is 9.29. The summed E-state index contributed by atoms with van der Waals surface area (Å²) in [6.07, 6.45) is 0. The van der Waals surface area contributed by atoms with Crippen LogP contribution in [0.15, 0.2) is 5.38 Å². The topological polar surface area (TPSA) is 38.9 Å². The van der Waals surface area contributed by atoms with Crippen LogP contribution >= 0.6 is 11.5 Å². The maximum absolute atomic E-state index is 5.34. The lowest BCUT2D eigenvalue weighted by molar-refractivity contribution is 1.45. The highest BCUT2D eigenvalue weighted by Crippen LogP contribution is 2.08. The SMILES string of the molecule is Cc1csnc1N. The molecule has 0 bridgehead atoms. The number of nitrogens with zero attached hydrogens (tertiary/aromatic N) is 1. The van der Waals surface area contributed by atoms with Gasteiger partial charge in [0.2, 0.25) is 0 Å². The third-order valence-corrected chi connectivity index (χ3v) is 1.55. The molecule has 0 aliphatic rings. The third-order valence-electron chi connectivity index (χ3n) is 0.785. The Balaban J connectivity index is 3.12. The molecule has 0 aromatic carbocycles. The highest BCUT2D eigenvalue weighted by atomic mass is 32.1. The van der Waals surface area contributed by atoms with Crippen molar-refractivity contribution in [2.24, 2.45) is 0 Å². The predicted molar refractivity (Wildman–Crippen MR) is 31.3 cm³/mol. The molecule has 0 fully saturated rings. The molecule has 7 heavy (non-hydrogen) atoms. The van der Waals surface area contributed by atoms with E-state index in [0.717, 1.165) is 5.56 Å². The lowest BCUT2D eigenvalue weighted by Gasteiger charge is -1.78. The third kappa shape index (κ3) is 0.718. The van der Waals surface area contributed by atoms with Gasteiger partial charge in [-0.1, -0.05) is 0 Å². The van der Waals surface area contributed by atoms with Gasteiger partial charge < -0.3 is 5.73 Å². The Morgan fingerprint density at radius 2 is 2.57 bits per heavy atom. The Hall–Kier alpha value is -0.570. The van der Waals surface area contributed by atoms with E-state index in [-0.39, 0.29) is 0 Å². The summed E-state index contributed by atoms with van der Waals surface area (Å²) < 4.78 is 3.84. The van der Waals surface area contributed by atoms with E-state index in [4.69, 9.17) is 5.73 Å². The lowest BCUT2D eigenvalue weighted by Crippen LogP contribution is -1.84. The molecule has 1 rings (SSSR count). The quantitative estimate of drug-likeness (QED) is 0.547. The Morgan fingerprint density at radius 3 is 2.71 bits per heavy atom. The fourth-order valence-corrected chi connectivity index (χ4v) is 0.884. The van der Waals surface area contributed by atoms with Crippen molar-refractivity contribution in [3.63, 3.8) is 0 Å². The molecule has 1 aromatic heterocycles. The van der Waals surface area contributed by atoms with Crippen LogP contribution in [-0.4, -0.2) is 4.37 Å². The molecule has 0 saturated carbocycles. The summed E-state index contributed by atoms with van der Waals surface area (Å²) in [5, 5.41) is 1.93. The fourth-order valence-electron chi connectivity index (χ4n) is 0.295. The van der Waals surface area contributed by atoms with Gasteiger partial charge >= 0.3 is 0 Å². The molecule has 0 saturated heterocycles. The molecule has 0 aliphatic carbocycles. The smallest absolute Gasteiger partial charge is 0.139 e. The van der Waals surface area contributed by atoms with E-state index in [1.54, 1.807) is 0 Å². The number of hydrogen-bond donors (Lipinski definition) is 1. The van der Waals surface area contributed by atoms with Crippen LogP contribution in [0.2, 0.25) is 0 Å². The number of nitrogens with two attached hydrogens (primary N) is 1. The molecule has 0 aliphatic heterocycles. The first-order chi connectivity index (χ1) is 3.30. The van der Waals surface area contributed by atoms with Crippen LogP contribution in [0, 0.1) is 6.92 Å². The molecular weight excluding hydrogens is 108 g/mol. The second-order valence-electron chi connectivity index (χ2n) is 1.38. The maximum Gasteiger partial charge on any atom is 0.139 e. The summed E-state index contributed by atoms with van der Waals surface area (Å²) in [4.78, 5) is 0. The van der Waals surface area contributed by atoms with Gasteiger partial charge in [0.25, 0.3) is 0 Å². The Morgan fingerprint density at radius 1 is 1.86 bits per heavy atom. The van der Waals surface area contributed by atoms with E-state index in [2.05, 4.69) is 4.37 Å². The molecule has 0 spiro atoms. The van der Waals surface area contributed by atoms with Crippen LogP contribution < -0.4 is 5.73 Å². The van der Waals surface area contributed by atoms with Crippen molar-refractivity contribution in [3.8, 4) is 0 Å². The van der Waals surface area contributed by atoms with E-state index in [1.165, 1.54) is 11.5 Å². The average molecular weight is 114 g/mol. The molecule has 38 valence electrons. The van der Waals surface area contributed by atoms with Crippen LogP contribution in [0.5, 0.6) is 0 Å². The number of aryl methyl sites for hydroxylation is 1. The summed E-state index contributed by atoms with van der Waals surface area (Å²) in [6.45, 7) is 1.94. The van der Waals surface area contributed by atoms with Gasteiger partial charge in [-0.3, -0.25) is 0 Å². The molecule has 1 heterocycles. The minimum absolute atomic E-state index is 0.657. The molecule has 2 N–H and O–H groups in total. The van der Waals surface area contributed by atoms with Gasteiger partial charge in [-0.25, -0.2) is 0 Å². The molecule has 3 heteroatoms. The summed E-state index contributed by atoms with van der Waals surface area (Å²) >= 11 is 1.39. The zero-order chi connectivity index (χ0) is 5.28. The van der Waals surface area contributed by atoms with Crippen LogP contribution in [0.25, 0.3) is 0 Å². The van der Waals surface area contributed by atoms with Crippen LogP contribution in [0.3, 0.4) is 0 Å². The molecular formula is C4H6N2S. The Kier molecular flexibility index (Phi) is 0.982. The molecule has 0 atom stereocenters. The lowest BCUT2D eigenvalue weighted by atomic mass is 10.4. The standard InChI is InChI=1S/C4H6N2S/c1-3-2-7-6-4(3)5/h2H,1H3,(H2,5,6). The second-order valence-corrected chi connectivity index (χ2v) is 2.01. The number of anilines is 1.